The lowest BCUT2D eigenvalue weighted by molar-refractivity contribution is -0.137. The number of rotatable bonds is 4. The van der Waals surface area contributed by atoms with Crippen LogP contribution in [0.4, 0.5) is 13.2 Å². The predicted octanol–water partition coefficient (Wildman–Crippen LogP) is 1.93. The first-order chi connectivity index (χ1) is 7.99. The summed E-state index contributed by atoms with van der Waals surface area (Å²) in [6.07, 6.45) is 0.772. The molecule has 1 rings (SSSR count). The Labute approximate surface area is 98.0 Å². The fourth-order valence-electron chi connectivity index (χ4n) is 1.42. The van der Waals surface area contributed by atoms with Crippen molar-refractivity contribution in [3.8, 4) is 12.3 Å². The third-order valence-corrected chi connectivity index (χ3v) is 2.33. The first-order valence-corrected chi connectivity index (χ1v) is 5.03. The van der Waals surface area contributed by atoms with Gasteiger partial charge in [0.05, 0.1) is 12.1 Å². The van der Waals surface area contributed by atoms with Crippen LogP contribution < -0.4 is 11.1 Å². The molecule has 0 aromatic heterocycles. The summed E-state index contributed by atoms with van der Waals surface area (Å²) >= 11 is 0. The van der Waals surface area contributed by atoms with Gasteiger partial charge in [0.1, 0.15) is 0 Å². The standard InChI is InChI=1S/C12H13F3N2/c1-2-7-17-11(8-16)9-3-5-10(6-4-9)12(13,14)15/h1,3-6,11,17H,7-8,16H2. The number of hydrogen-bond donors (Lipinski definition) is 2. The van der Waals surface area contributed by atoms with Crippen LogP contribution in [0.25, 0.3) is 0 Å². The van der Waals surface area contributed by atoms with Crippen molar-refractivity contribution in [3.05, 3.63) is 35.4 Å². The maximum Gasteiger partial charge on any atom is 0.416 e. The molecule has 5 heteroatoms. The highest BCUT2D eigenvalue weighted by atomic mass is 19.4. The average molecular weight is 242 g/mol. The Balaban J connectivity index is 2.82. The van der Waals surface area contributed by atoms with Gasteiger partial charge in [0.25, 0.3) is 0 Å². The Hall–Kier alpha value is -1.51. The SMILES string of the molecule is C#CCNC(CN)c1ccc(C(F)(F)F)cc1. The maximum absolute atomic E-state index is 12.3. The molecule has 0 bridgehead atoms. The highest BCUT2D eigenvalue weighted by molar-refractivity contribution is 5.27. The van der Waals surface area contributed by atoms with E-state index in [-0.39, 0.29) is 12.6 Å². The lowest BCUT2D eigenvalue weighted by Gasteiger charge is -2.16. The van der Waals surface area contributed by atoms with Crippen molar-refractivity contribution in [2.24, 2.45) is 5.73 Å². The van der Waals surface area contributed by atoms with Crippen molar-refractivity contribution < 1.29 is 13.2 Å². The molecule has 0 amide bonds. The van der Waals surface area contributed by atoms with Crippen LogP contribution in [0.5, 0.6) is 0 Å². The van der Waals surface area contributed by atoms with E-state index in [0.717, 1.165) is 12.1 Å². The van der Waals surface area contributed by atoms with Gasteiger partial charge in [-0.15, -0.1) is 6.42 Å². The van der Waals surface area contributed by atoms with Gasteiger partial charge in [0.2, 0.25) is 0 Å². The number of nitrogens with two attached hydrogens (primary N) is 1. The normalized spacial score (nSPS) is 13.1. The third-order valence-electron chi connectivity index (χ3n) is 2.33. The summed E-state index contributed by atoms with van der Waals surface area (Å²) in [7, 11) is 0. The van der Waals surface area contributed by atoms with Crippen LogP contribution in [0.2, 0.25) is 0 Å². The van der Waals surface area contributed by atoms with Crippen LogP contribution in [0, 0.1) is 12.3 Å². The molecule has 0 spiro atoms. The Bertz CT molecular complexity index is 390. The van der Waals surface area contributed by atoms with E-state index in [1.54, 1.807) is 0 Å². The molecule has 2 nitrogen and oxygen atoms in total. The lowest BCUT2D eigenvalue weighted by Crippen LogP contribution is -2.28. The molecule has 0 heterocycles. The van der Waals surface area contributed by atoms with Gasteiger partial charge >= 0.3 is 6.18 Å². The van der Waals surface area contributed by atoms with Gasteiger partial charge in [0.15, 0.2) is 0 Å². The predicted molar refractivity (Wildman–Crippen MR) is 60.1 cm³/mol. The number of nitrogens with one attached hydrogen (secondary N) is 1. The second kappa shape index (κ2) is 5.71. The summed E-state index contributed by atoms with van der Waals surface area (Å²) in [5.74, 6) is 2.39. The van der Waals surface area contributed by atoms with E-state index < -0.39 is 11.7 Å². The molecule has 1 atom stereocenters. The zero-order valence-corrected chi connectivity index (χ0v) is 9.09. The van der Waals surface area contributed by atoms with Crippen molar-refractivity contribution in [1.29, 1.82) is 0 Å². The van der Waals surface area contributed by atoms with Crippen LogP contribution in [-0.2, 0) is 6.18 Å². The minimum absolute atomic E-state index is 0.228. The highest BCUT2D eigenvalue weighted by Gasteiger charge is 2.30. The Kier molecular flexibility index (Phi) is 4.55. The van der Waals surface area contributed by atoms with Crippen molar-refractivity contribution in [3.63, 3.8) is 0 Å². The van der Waals surface area contributed by atoms with Crippen molar-refractivity contribution in [2.45, 2.75) is 12.2 Å². The molecule has 1 aromatic rings. The Morgan fingerprint density at radius 1 is 1.29 bits per heavy atom. The molecule has 0 aliphatic heterocycles. The van der Waals surface area contributed by atoms with Gasteiger partial charge in [-0.25, -0.2) is 0 Å². The quantitative estimate of drug-likeness (QED) is 0.792. The fourth-order valence-corrected chi connectivity index (χ4v) is 1.42. The average Bonchev–Trinajstić information content (AvgIpc) is 2.29. The second-order valence-corrected chi connectivity index (χ2v) is 3.49. The zero-order chi connectivity index (χ0) is 12.9. The topological polar surface area (TPSA) is 38.0 Å². The fraction of sp³-hybridized carbons (Fsp3) is 0.333. The molecule has 17 heavy (non-hydrogen) atoms. The summed E-state index contributed by atoms with van der Waals surface area (Å²) in [4.78, 5) is 0. The first-order valence-electron chi connectivity index (χ1n) is 5.03. The number of hydrogen-bond acceptors (Lipinski definition) is 2. The van der Waals surface area contributed by atoms with E-state index >= 15 is 0 Å². The van der Waals surface area contributed by atoms with Gasteiger partial charge in [-0.05, 0) is 17.7 Å². The Morgan fingerprint density at radius 2 is 1.88 bits per heavy atom. The van der Waals surface area contributed by atoms with Gasteiger partial charge < -0.3 is 5.73 Å². The second-order valence-electron chi connectivity index (χ2n) is 3.49. The number of alkyl halides is 3. The van der Waals surface area contributed by atoms with Gasteiger partial charge in [0, 0.05) is 12.6 Å². The van der Waals surface area contributed by atoms with Gasteiger partial charge in [-0.3, -0.25) is 5.32 Å². The van der Waals surface area contributed by atoms with Crippen LogP contribution in [0.3, 0.4) is 0 Å². The van der Waals surface area contributed by atoms with Crippen LogP contribution in [-0.4, -0.2) is 13.1 Å². The van der Waals surface area contributed by atoms with Gasteiger partial charge in [-0.2, -0.15) is 13.2 Å². The van der Waals surface area contributed by atoms with E-state index in [9.17, 15) is 13.2 Å². The summed E-state index contributed by atoms with van der Waals surface area (Å²) in [6, 6.07) is 4.66. The summed E-state index contributed by atoms with van der Waals surface area (Å²) in [5.41, 5.74) is 5.53. The minimum atomic E-state index is -4.32. The summed E-state index contributed by atoms with van der Waals surface area (Å²) in [6.45, 7) is 0.593. The van der Waals surface area contributed by atoms with Crippen LogP contribution in [0.1, 0.15) is 17.2 Å². The number of benzene rings is 1. The molecule has 3 N–H and O–H groups in total. The van der Waals surface area contributed by atoms with E-state index in [2.05, 4.69) is 11.2 Å². The molecule has 0 fully saturated rings. The van der Waals surface area contributed by atoms with Crippen LogP contribution >= 0.6 is 0 Å². The third kappa shape index (κ3) is 3.77. The number of terminal acetylenes is 1. The molecule has 0 saturated heterocycles. The molecular formula is C12H13F3N2. The number of halogens is 3. The highest BCUT2D eigenvalue weighted by Crippen LogP contribution is 2.29. The van der Waals surface area contributed by atoms with E-state index in [4.69, 9.17) is 12.2 Å². The molecule has 0 aliphatic carbocycles. The van der Waals surface area contributed by atoms with Crippen molar-refractivity contribution in [1.82, 2.24) is 5.32 Å². The summed E-state index contributed by atoms with van der Waals surface area (Å²) in [5, 5.41) is 2.95. The lowest BCUT2D eigenvalue weighted by atomic mass is 10.0. The maximum atomic E-state index is 12.3. The molecule has 0 saturated carbocycles. The van der Waals surface area contributed by atoms with E-state index in [1.165, 1.54) is 12.1 Å². The van der Waals surface area contributed by atoms with Crippen molar-refractivity contribution >= 4 is 0 Å². The smallest absolute Gasteiger partial charge is 0.329 e. The molecule has 1 aromatic carbocycles. The van der Waals surface area contributed by atoms with Gasteiger partial charge in [-0.1, -0.05) is 18.1 Å². The van der Waals surface area contributed by atoms with E-state index in [0.29, 0.717) is 12.1 Å². The first kappa shape index (κ1) is 13.6. The van der Waals surface area contributed by atoms with E-state index in [1.807, 2.05) is 0 Å². The molecule has 92 valence electrons. The molecule has 0 radical (unpaired) electrons. The molecule has 0 aliphatic rings. The van der Waals surface area contributed by atoms with Crippen LogP contribution in [0.15, 0.2) is 24.3 Å². The summed E-state index contributed by atoms with van der Waals surface area (Å²) < 4.78 is 37.0. The van der Waals surface area contributed by atoms with Crippen molar-refractivity contribution in [2.75, 3.05) is 13.1 Å². The largest absolute Gasteiger partial charge is 0.416 e. The molecular weight excluding hydrogens is 229 g/mol. The monoisotopic (exact) mass is 242 g/mol. The zero-order valence-electron chi connectivity index (χ0n) is 9.09. The minimum Gasteiger partial charge on any atom is -0.329 e. The molecule has 1 unspecified atom stereocenters. The Morgan fingerprint density at radius 3 is 2.29 bits per heavy atom.